The van der Waals surface area contributed by atoms with Crippen LogP contribution in [0.3, 0.4) is 0 Å². The Morgan fingerprint density at radius 1 is 1.06 bits per heavy atom. The lowest BCUT2D eigenvalue weighted by Gasteiger charge is -2.08. The number of carbonyl (C=O) groups is 2. The molecule has 2 aromatic carbocycles. The first kappa shape index (κ1) is 21.7. The number of nitro benzene ring substituents is 1. The predicted molar refractivity (Wildman–Crippen MR) is 116 cm³/mol. The van der Waals surface area contributed by atoms with Crippen molar-refractivity contribution in [2.75, 3.05) is 5.32 Å². The molecule has 1 heterocycles. The zero-order valence-corrected chi connectivity index (χ0v) is 17.3. The number of amides is 2. The van der Waals surface area contributed by atoms with Crippen LogP contribution in [0.15, 0.2) is 58.0 Å². The highest BCUT2D eigenvalue weighted by Crippen LogP contribution is 2.30. The molecular weight excluding hydrogens is 424 g/mol. The molecule has 0 aliphatic heterocycles. The van der Waals surface area contributed by atoms with Gasteiger partial charge in [0.25, 0.3) is 5.69 Å². The van der Waals surface area contributed by atoms with E-state index in [1.807, 2.05) is 0 Å². The summed E-state index contributed by atoms with van der Waals surface area (Å²) >= 11 is 5.99. The summed E-state index contributed by atoms with van der Waals surface area (Å²) in [6, 6.07) is 12.8. The standard InChI is InChI=1S/C21H17ClN4O5/c1-12-15(5-3-8-18(12)26(29)30)19-10-9-14(31-19)11-23-25-21(28)20(27)24-17-7-4-6-16(22)13(17)2/h3-11H,1-2H3,(H,24,27)(H,25,28)/b23-11+. The fraction of sp³-hybridized carbons (Fsp3) is 0.0952. The highest BCUT2D eigenvalue weighted by atomic mass is 35.5. The van der Waals surface area contributed by atoms with E-state index in [2.05, 4.69) is 15.8 Å². The summed E-state index contributed by atoms with van der Waals surface area (Å²) in [5, 5.41) is 17.7. The lowest BCUT2D eigenvalue weighted by Crippen LogP contribution is -2.32. The van der Waals surface area contributed by atoms with E-state index >= 15 is 0 Å². The molecule has 0 unspecified atom stereocenters. The minimum Gasteiger partial charge on any atom is -0.455 e. The third-order valence-corrected chi connectivity index (χ3v) is 4.88. The maximum atomic E-state index is 12.0. The van der Waals surface area contributed by atoms with Gasteiger partial charge in [0, 0.05) is 27.9 Å². The number of hydrazone groups is 1. The van der Waals surface area contributed by atoms with Crippen molar-refractivity contribution in [3.63, 3.8) is 0 Å². The first-order valence-electron chi connectivity index (χ1n) is 9.01. The number of anilines is 1. The van der Waals surface area contributed by atoms with Crippen molar-refractivity contribution in [1.29, 1.82) is 0 Å². The van der Waals surface area contributed by atoms with Crippen LogP contribution < -0.4 is 10.7 Å². The van der Waals surface area contributed by atoms with Gasteiger partial charge in [0.05, 0.1) is 11.1 Å². The van der Waals surface area contributed by atoms with Gasteiger partial charge in [-0.1, -0.05) is 29.8 Å². The summed E-state index contributed by atoms with van der Waals surface area (Å²) in [6.07, 6.45) is 1.21. The normalized spacial score (nSPS) is 10.8. The highest BCUT2D eigenvalue weighted by Gasteiger charge is 2.17. The molecule has 2 amide bonds. The number of carbonyl (C=O) groups excluding carboxylic acids is 2. The minimum atomic E-state index is -0.975. The second kappa shape index (κ2) is 9.23. The number of benzene rings is 2. The van der Waals surface area contributed by atoms with Crippen LogP contribution in [0.25, 0.3) is 11.3 Å². The van der Waals surface area contributed by atoms with Gasteiger partial charge in [-0.3, -0.25) is 19.7 Å². The van der Waals surface area contributed by atoms with Gasteiger partial charge in [-0.2, -0.15) is 5.10 Å². The van der Waals surface area contributed by atoms with Crippen LogP contribution in [0.5, 0.6) is 0 Å². The number of hydrogen-bond donors (Lipinski definition) is 2. The minimum absolute atomic E-state index is 0.0164. The summed E-state index contributed by atoms with van der Waals surface area (Å²) in [7, 11) is 0. The van der Waals surface area contributed by atoms with Crippen LogP contribution >= 0.6 is 11.6 Å². The first-order valence-corrected chi connectivity index (χ1v) is 9.39. The smallest absolute Gasteiger partial charge is 0.329 e. The molecular formula is C21H17ClN4O5. The van der Waals surface area contributed by atoms with Gasteiger partial charge in [0.2, 0.25) is 0 Å². The van der Waals surface area contributed by atoms with Crippen LogP contribution in [-0.2, 0) is 9.59 Å². The van der Waals surface area contributed by atoms with Crippen molar-refractivity contribution in [3.05, 3.63) is 80.6 Å². The van der Waals surface area contributed by atoms with E-state index in [1.165, 1.54) is 12.3 Å². The quantitative estimate of drug-likeness (QED) is 0.266. The molecule has 0 atom stereocenters. The average molecular weight is 441 g/mol. The molecule has 0 radical (unpaired) electrons. The number of nitro groups is 1. The topological polar surface area (TPSA) is 127 Å². The Kier molecular flexibility index (Phi) is 6.46. The summed E-state index contributed by atoms with van der Waals surface area (Å²) in [5.41, 5.74) is 4.17. The fourth-order valence-electron chi connectivity index (χ4n) is 2.78. The second-order valence-electron chi connectivity index (χ2n) is 6.47. The largest absolute Gasteiger partial charge is 0.455 e. The van der Waals surface area contributed by atoms with Crippen molar-refractivity contribution >= 4 is 41.0 Å². The molecule has 0 saturated heterocycles. The van der Waals surface area contributed by atoms with Crippen molar-refractivity contribution in [1.82, 2.24) is 5.43 Å². The van der Waals surface area contributed by atoms with Crippen molar-refractivity contribution in [2.45, 2.75) is 13.8 Å². The molecule has 1 aromatic heterocycles. The van der Waals surface area contributed by atoms with Crippen LogP contribution in [0.1, 0.15) is 16.9 Å². The number of rotatable bonds is 5. The molecule has 0 aliphatic rings. The fourth-order valence-corrected chi connectivity index (χ4v) is 2.96. The molecule has 2 N–H and O–H groups in total. The van der Waals surface area contributed by atoms with Crippen LogP contribution in [-0.4, -0.2) is 23.0 Å². The molecule has 158 valence electrons. The first-order chi connectivity index (χ1) is 14.8. The van der Waals surface area contributed by atoms with E-state index in [0.717, 1.165) is 0 Å². The number of hydrogen-bond acceptors (Lipinski definition) is 6. The molecule has 0 aliphatic carbocycles. The van der Waals surface area contributed by atoms with Gasteiger partial charge in [-0.25, -0.2) is 5.43 Å². The van der Waals surface area contributed by atoms with E-state index < -0.39 is 16.7 Å². The van der Waals surface area contributed by atoms with Gasteiger partial charge < -0.3 is 9.73 Å². The summed E-state index contributed by atoms with van der Waals surface area (Å²) in [4.78, 5) is 34.6. The number of furan rings is 1. The van der Waals surface area contributed by atoms with E-state index in [1.54, 1.807) is 56.3 Å². The molecule has 9 nitrogen and oxygen atoms in total. The number of halogens is 1. The third kappa shape index (κ3) is 4.96. The lowest BCUT2D eigenvalue weighted by atomic mass is 10.1. The van der Waals surface area contributed by atoms with Gasteiger partial charge in [-0.05, 0) is 43.7 Å². The molecule has 31 heavy (non-hydrogen) atoms. The zero-order valence-electron chi connectivity index (χ0n) is 16.5. The van der Waals surface area contributed by atoms with Gasteiger partial charge in [0.1, 0.15) is 11.5 Å². The van der Waals surface area contributed by atoms with Crippen molar-refractivity contribution in [3.8, 4) is 11.3 Å². The van der Waals surface area contributed by atoms with Crippen molar-refractivity contribution in [2.24, 2.45) is 5.10 Å². The Bertz CT molecular complexity index is 1200. The van der Waals surface area contributed by atoms with Crippen molar-refractivity contribution < 1.29 is 18.9 Å². The van der Waals surface area contributed by atoms with Gasteiger partial charge >= 0.3 is 11.8 Å². The third-order valence-electron chi connectivity index (χ3n) is 4.47. The Morgan fingerprint density at radius 3 is 2.55 bits per heavy atom. The van der Waals surface area contributed by atoms with Crippen LogP contribution in [0.4, 0.5) is 11.4 Å². The van der Waals surface area contributed by atoms with Gasteiger partial charge in [0.15, 0.2) is 0 Å². The number of nitrogens with one attached hydrogen (secondary N) is 2. The zero-order chi connectivity index (χ0) is 22.5. The SMILES string of the molecule is Cc1c(Cl)cccc1NC(=O)C(=O)N/N=C/c1ccc(-c2cccc([N+](=O)[O-])c2C)o1. The predicted octanol–water partition coefficient (Wildman–Crippen LogP) is 4.21. The van der Waals surface area contributed by atoms with E-state index in [4.69, 9.17) is 16.0 Å². The molecule has 0 fully saturated rings. The van der Waals surface area contributed by atoms with E-state index in [-0.39, 0.29) is 11.4 Å². The second-order valence-corrected chi connectivity index (χ2v) is 6.88. The number of nitrogens with zero attached hydrogens (tertiary/aromatic N) is 2. The lowest BCUT2D eigenvalue weighted by molar-refractivity contribution is -0.385. The molecule has 3 aromatic rings. The Labute approximate surface area is 181 Å². The Morgan fingerprint density at radius 2 is 1.81 bits per heavy atom. The average Bonchev–Trinajstić information content (AvgIpc) is 3.19. The van der Waals surface area contributed by atoms with Crippen LogP contribution in [0, 0.1) is 24.0 Å². The Hall–Kier alpha value is -3.98. The molecule has 3 rings (SSSR count). The molecule has 0 spiro atoms. The van der Waals surface area contributed by atoms with E-state index in [0.29, 0.717) is 33.2 Å². The summed E-state index contributed by atoms with van der Waals surface area (Å²) in [6.45, 7) is 3.34. The van der Waals surface area contributed by atoms with E-state index in [9.17, 15) is 19.7 Å². The summed E-state index contributed by atoms with van der Waals surface area (Å²) in [5.74, 6) is -1.19. The van der Waals surface area contributed by atoms with Crippen LogP contribution in [0.2, 0.25) is 5.02 Å². The maximum absolute atomic E-state index is 12.0. The molecule has 0 saturated carbocycles. The monoisotopic (exact) mass is 440 g/mol. The summed E-state index contributed by atoms with van der Waals surface area (Å²) < 4.78 is 5.61. The highest BCUT2D eigenvalue weighted by molar-refractivity contribution is 6.40. The molecule has 10 heteroatoms. The maximum Gasteiger partial charge on any atom is 0.329 e. The van der Waals surface area contributed by atoms with Gasteiger partial charge in [-0.15, -0.1) is 0 Å². The Balaban J connectivity index is 1.65. The molecule has 0 bridgehead atoms.